The summed E-state index contributed by atoms with van der Waals surface area (Å²) in [5.74, 6) is 1.21. The Morgan fingerprint density at radius 2 is 1.61 bits per heavy atom. The Bertz CT molecular complexity index is 1350. The van der Waals surface area contributed by atoms with Crippen molar-refractivity contribution in [1.29, 1.82) is 0 Å². The number of rotatable bonds is 7. The fourth-order valence-electron chi connectivity index (χ4n) is 3.80. The van der Waals surface area contributed by atoms with Crippen LogP contribution in [0, 0.1) is 6.92 Å². The van der Waals surface area contributed by atoms with Crippen LogP contribution < -0.4 is 9.47 Å². The Morgan fingerprint density at radius 1 is 0.848 bits per heavy atom. The van der Waals surface area contributed by atoms with Gasteiger partial charge in [-0.25, -0.2) is 0 Å². The molecule has 0 saturated heterocycles. The average molecular weight is 436 g/mol. The standard InChI is InChI=1S/C29H25NO3/c1-20-29(27(31)18-15-22-14-16-23(32-2)19-28(22)33-3)25(17-13-21-9-5-4-6-10-21)24-11-7-8-12-26(24)30-20/h4-19H,1-3H3/b17-13+,18-15+. The van der Waals surface area contributed by atoms with E-state index in [1.807, 2.05) is 85.8 Å². The number of ketones is 1. The van der Waals surface area contributed by atoms with Crippen molar-refractivity contribution in [1.82, 2.24) is 4.98 Å². The van der Waals surface area contributed by atoms with Crippen molar-refractivity contribution in [3.05, 3.63) is 107 Å². The van der Waals surface area contributed by atoms with E-state index in [4.69, 9.17) is 14.5 Å². The number of fused-ring (bicyclic) bond motifs is 1. The molecule has 0 unspecified atom stereocenters. The van der Waals surface area contributed by atoms with Gasteiger partial charge in [-0.1, -0.05) is 60.7 Å². The molecule has 0 bridgehead atoms. The van der Waals surface area contributed by atoms with Gasteiger partial charge in [0.25, 0.3) is 0 Å². The lowest BCUT2D eigenvalue weighted by atomic mass is 9.96. The van der Waals surface area contributed by atoms with Crippen molar-refractivity contribution < 1.29 is 14.3 Å². The lowest BCUT2D eigenvalue weighted by Gasteiger charge is -2.11. The normalized spacial score (nSPS) is 11.4. The number of carbonyl (C=O) groups excluding carboxylic acids is 1. The van der Waals surface area contributed by atoms with Crippen LogP contribution in [0.4, 0.5) is 0 Å². The second-order valence-corrected chi connectivity index (χ2v) is 7.55. The van der Waals surface area contributed by atoms with Crippen LogP contribution in [-0.4, -0.2) is 25.0 Å². The summed E-state index contributed by atoms with van der Waals surface area (Å²) < 4.78 is 10.7. The molecule has 0 fully saturated rings. The summed E-state index contributed by atoms with van der Waals surface area (Å²) in [5, 5.41) is 0.939. The van der Waals surface area contributed by atoms with Gasteiger partial charge in [0.05, 0.1) is 25.3 Å². The highest BCUT2D eigenvalue weighted by atomic mass is 16.5. The molecule has 4 nitrogen and oxygen atoms in total. The summed E-state index contributed by atoms with van der Waals surface area (Å²) in [6, 6.07) is 23.4. The third-order valence-corrected chi connectivity index (χ3v) is 5.46. The van der Waals surface area contributed by atoms with Gasteiger partial charge in [0.2, 0.25) is 0 Å². The fourth-order valence-corrected chi connectivity index (χ4v) is 3.80. The van der Waals surface area contributed by atoms with Crippen molar-refractivity contribution in [2.24, 2.45) is 0 Å². The van der Waals surface area contributed by atoms with E-state index in [0.717, 1.165) is 27.6 Å². The number of methoxy groups -OCH3 is 2. The van der Waals surface area contributed by atoms with Crippen LogP contribution in [0.25, 0.3) is 29.1 Å². The topological polar surface area (TPSA) is 48.4 Å². The van der Waals surface area contributed by atoms with Gasteiger partial charge in [-0.3, -0.25) is 9.78 Å². The Balaban J connectivity index is 1.78. The molecular formula is C29H25NO3. The quantitative estimate of drug-likeness (QED) is 0.242. The first-order valence-electron chi connectivity index (χ1n) is 10.7. The highest BCUT2D eigenvalue weighted by Crippen LogP contribution is 2.28. The zero-order valence-electron chi connectivity index (χ0n) is 18.9. The van der Waals surface area contributed by atoms with E-state index < -0.39 is 0 Å². The van der Waals surface area contributed by atoms with Crippen LogP contribution in [0.3, 0.4) is 0 Å². The van der Waals surface area contributed by atoms with Gasteiger partial charge in [0.1, 0.15) is 11.5 Å². The van der Waals surface area contributed by atoms with Gasteiger partial charge in [-0.15, -0.1) is 0 Å². The fraction of sp³-hybridized carbons (Fsp3) is 0.103. The molecule has 164 valence electrons. The van der Waals surface area contributed by atoms with Gasteiger partial charge in [0, 0.05) is 22.7 Å². The van der Waals surface area contributed by atoms with Crippen LogP contribution in [-0.2, 0) is 0 Å². The molecule has 33 heavy (non-hydrogen) atoms. The molecule has 0 aliphatic rings. The zero-order valence-corrected chi connectivity index (χ0v) is 18.9. The predicted molar refractivity (Wildman–Crippen MR) is 135 cm³/mol. The maximum atomic E-state index is 13.4. The van der Waals surface area contributed by atoms with Crippen molar-refractivity contribution in [3.8, 4) is 11.5 Å². The number of hydrogen-bond donors (Lipinski definition) is 0. The summed E-state index contributed by atoms with van der Waals surface area (Å²) in [5.41, 5.74) is 4.85. The molecule has 1 heterocycles. The number of carbonyl (C=O) groups is 1. The Labute approximate surface area is 193 Å². The lowest BCUT2D eigenvalue weighted by molar-refractivity contribution is 0.104. The van der Waals surface area contributed by atoms with E-state index in [0.29, 0.717) is 22.8 Å². The zero-order chi connectivity index (χ0) is 23.2. The molecule has 4 rings (SSSR count). The second-order valence-electron chi connectivity index (χ2n) is 7.55. The molecule has 4 aromatic rings. The molecule has 0 aliphatic carbocycles. The number of aryl methyl sites for hydroxylation is 1. The van der Waals surface area contributed by atoms with Crippen molar-refractivity contribution in [3.63, 3.8) is 0 Å². The molecule has 3 aromatic carbocycles. The summed E-state index contributed by atoms with van der Waals surface area (Å²) in [4.78, 5) is 18.1. The SMILES string of the molecule is COc1ccc(/C=C/C(=O)c2c(C)nc3ccccc3c2/C=C/c2ccccc2)c(OC)c1. The van der Waals surface area contributed by atoms with E-state index >= 15 is 0 Å². The molecule has 0 N–H and O–H groups in total. The smallest absolute Gasteiger partial charge is 0.188 e. The van der Waals surface area contributed by atoms with Crippen molar-refractivity contribution in [2.45, 2.75) is 6.92 Å². The first kappa shape index (κ1) is 22.0. The minimum absolute atomic E-state index is 0.115. The summed E-state index contributed by atoms with van der Waals surface area (Å²) in [6.45, 7) is 1.88. The molecule has 0 saturated carbocycles. The molecule has 1 aromatic heterocycles. The minimum atomic E-state index is -0.115. The van der Waals surface area contributed by atoms with Gasteiger partial charge in [-0.2, -0.15) is 0 Å². The first-order valence-corrected chi connectivity index (χ1v) is 10.7. The van der Waals surface area contributed by atoms with E-state index in [2.05, 4.69) is 0 Å². The van der Waals surface area contributed by atoms with Crippen LogP contribution in [0.2, 0.25) is 0 Å². The number of benzene rings is 3. The largest absolute Gasteiger partial charge is 0.497 e. The summed E-state index contributed by atoms with van der Waals surface area (Å²) >= 11 is 0. The Morgan fingerprint density at radius 3 is 2.36 bits per heavy atom. The van der Waals surface area contributed by atoms with Gasteiger partial charge in [-0.05, 0) is 48.4 Å². The van der Waals surface area contributed by atoms with Gasteiger partial charge < -0.3 is 9.47 Å². The van der Waals surface area contributed by atoms with Crippen LogP contribution >= 0.6 is 0 Å². The van der Waals surface area contributed by atoms with E-state index in [1.165, 1.54) is 0 Å². The van der Waals surface area contributed by atoms with Crippen molar-refractivity contribution in [2.75, 3.05) is 14.2 Å². The lowest BCUT2D eigenvalue weighted by Crippen LogP contribution is -2.05. The van der Waals surface area contributed by atoms with Crippen LogP contribution in [0.15, 0.2) is 78.9 Å². The number of para-hydroxylation sites is 1. The van der Waals surface area contributed by atoms with Gasteiger partial charge >= 0.3 is 0 Å². The Kier molecular flexibility index (Phi) is 6.65. The number of ether oxygens (including phenoxy) is 2. The number of aromatic nitrogens is 1. The first-order chi connectivity index (χ1) is 16.1. The predicted octanol–water partition coefficient (Wildman–Crippen LogP) is 6.63. The molecule has 0 amide bonds. The maximum Gasteiger partial charge on any atom is 0.188 e. The van der Waals surface area contributed by atoms with Crippen LogP contribution in [0.1, 0.15) is 32.7 Å². The number of allylic oxidation sites excluding steroid dienone is 1. The molecule has 0 spiro atoms. The van der Waals surface area contributed by atoms with Crippen LogP contribution in [0.5, 0.6) is 11.5 Å². The number of hydrogen-bond acceptors (Lipinski definition) is 4. The van der Waals surface area contributed by atoms with E-state index in [9.17, 15) is 4.79 Å². The minimum Gasteiger partial charge on any atom is -0.497 e. The molecular weight excluding hydrogens is 410 g/mol. The monoisotopic (exact) mass is 435 g/mol. The van der Waals surface area contributed by atoms with Crippen molar-refractivity contribution >= 4 is 34.9 Å². The highest BCUT2D eigenvalue weighted by Gasteiger charge is 2.16. The van der Waals surface area contributed by atoms with Gasteiger partial charge in [0.15, 0.2) is 5.78 Å². The summed E-state index contributed by atoms with van der Waals surface area (Å²) in [7, 11) is 3.20. The number of nitrogens with zero attached hydrogens (tertiary/aromatic N) is 1. The average Bonchev–Trinajstić information content (AvgIpc) is 2.86. The van der Waals surface area contributed by atoms with E-state index in [1.54, 1.807) is 32.4 Å². The third kappa shape index (κ3) is 4.85. The maximum absolute atomic E-state index is 13.4. The molecule has 0 radical (unpaired) electrons. The van der Waals surface area contributed by atoms with E-state index in [-0.39, 0.29) is 5.78 Å². The second kappa shape index (κ2) is 9.96. The third-order valence-electron chi connectivity index (χ3n) is 5.46. The highest BCUT2D eigenvalue weighted by molar-refractivity contribution is 6.13. The molecule has 0 aliphatic heterocycles. The molecule has 4 heteroatoms. The number of pyridine rings is 1. The molecule has 0 atom stereocenters. The Hall–Kier alpha value is -4.18. The summed E-state index contributed by atoms with van der Waals surface area (Å²) in [6.07, 6.45) is 7.36.